The van der Waals surface area contributed by atoms with Crippen LogP contribution in [-0.2, 0) is 17.4 Å². The van der Waals surface area contributed by atoms with Gasteiger partial charge in [0.25, 0.3) is 0 Å². The fourth-order valence-electron chi connectivity index (χ4n) is 2.04. The maximum absolute atomic E-state index is 12.1. The van der Waals surface area contributed by atoms with Crippen LogP contribution < -0.4 is 4.72 Å². The van der Waals surface area contributed by atoms with Crippen molar-refractivity contribution in [1.82, 2.24) is 4.72 Å². The van der Waals surface area contributed by atoms with Crippen molar-refractivity contribution in [3.8, 4) is 0 Å². The highest BCUT2D eigenvalue weighted by molar-refractivity contribution is 9.10. The Morgan fingerprint density at radius 2 is 2.12 bits per heavy atom. The molecule has 0 radical (unpaired) electrons. The van der Waals surface area contributed by atoms with Crippen molar-refractivity contribution >= 4 is 26.9 Å². The summed E-state index contributed by atoms with van der Waals surface area (Å²) < 4.78 is 16.3. The molecule has 2 rings (SSSR count). The Labute approximate surface area is 114 Å². The Morgan fingerprint density at radius 3 is 2.76 bits per heavy atom. The third-order valence-corrected chi connectivity index (χ3v) is 5.37. The topological polar surface area (TPSA) is 29.1 Å². The van der Waals surface area contributed by atoms with Gasteiger partial charge in [-0.1, -0.05) is 28.1 Å². The third kappa shape index (κ3) is 2.80. The van der Waals surface area contributed by atoms with Crippen molar-refractivity contribution < 1.29 is 4.21 Å². The van der Waals surface area contributed by atoms with Crippen molar-refractivity contribution in [3.63, 3.8) is 0 Å². The van der Waals surface area contributed by atoms with Gasteiger partial charge in [-0.2, -0.15) is 0 Å². The van der Waals surface area contributed by atoms with Gasteiger partial charge in [-0.15, -0.1) is 0 Å². The molecule has 0 fully saturated rings. The lowest BCUT2D eigenvalue weighted by Crippen LogP contribution is -2.35. The minimum atomic E-state index is -1.01. The van der Waals surface area contributed by atoms with Gasteiger partial charge in [0.2, 0.25) is 0 Å². The van der Waals surface area contributed by atoms with Crippen molar-refractivity contribution in [3.05, 3.63) is 33.8 Å². The van der Waals surface area contributed by atoms with Crippen molar-refractivity contribution in [2.75, 3.05) is 0 Å². The fraction of sp³-hybridized carbons (Fsp3) is 0.538. The molecule has 1 aromatic rings. The zero-order valence-corrected chi connectivity index (χ0v) is 12.8. The molecule has 0 bridgehead atoms. The molecule has 2 unspecified atom stereocenters. The van der Waals surface area contributed by atoms with Gasteiger partial charge < -0.3 is 0 Å². The minimum absolute atomic E-state index is 0.214. The largest absolute Gasteiger partial charge is 0.242 e. The lowest BCUT2D eigenvalue weighted by molar-refractivity contribution is 0.596. The van der Waals surface area contributed by atoms with Crippen LogP contribution >= 0.6 is 15.9 Å². The van der Waals surface area contributed by atoms with E-state index in [0.29, 0.717) is 0 Å². The van der Waals surface area contributed by atoms with E-state index < -0.39 is 11.0 Å². The maximum atomic E-state index is 12.1. The minimum Gasteiger partial charge on any atom is -0.242 e. The monoisotopic (exact) mass is 315 g/mol. The van der Waals surface area contributed by atoms with E-state index in [0.717, 1.165) is 12.8 Å². The van der Waals surface area contributed by atoms with E-state index in [4.69, 9.17) is 0 Å². The quantitative estimate of drug-likeness (QED) is 0.889. The van der Waals surface area contributed by atoms with Crippen LogP contribution in [0.1, 0.15) is 44.4 Å². The molecule has 17 heavy (non-hydrogen) atoms. The zero-order chi connectivity index (χ0) is 12.6. The van der Waals surface area contributed by atoms with Crippen molar-refractivity contribution in [2.24, 2.45) is 0 Å². The van der Waals surface area contributed by atoms with Crippen LogP contribution in [0.25, 0.3) is 0 Å². The molecule has 4 heteroatoms. The van der Waals surface area contributed by atoms with Crippen LogP contribution in [0.5, 0.6) is 0 Å². The first-order valence-electron chi connectivity index (χ1n) is 5.85. The molecular weight excluding hydrogens is 298 g/mol. The molecule has 94 valence electrons. The lowest BCUT2D eigenvalue weighted by Gasteiger charge is -2.22. The van der Waals surface area contributed by atoms with Crippen LogP contribution in [0, 0.1) is 0 Å². The summed E-state index contributed by atoms with van der Waals surface area (Å²) in [4.78, 5) is 0. The molecule has 0 heterocycles. The van der Waals surface area contributed by atoms with E-state index in [-0.39, 0.29) is 10.8 Å². The molecular formula is C13H18BrNOS. The van der Waals surface area contributed by atoms with Gasteiger partial charge >= 0.3 is 0 Å². The van der Waals surface area contributed by atoms with Crippen LogP contribution in [0.15, 0.2) is 22.7 Å². The SMILES string of the molecule is CC(C)(C)S(=O)NC1CCc2c(Br)cccc21. The molecule has 2 atom stereocenters. The molecule has 2 nitrogen and oxygen atoms in total. The van der Waals surface area contributed by atoms with Crippen LogP contribution in [-0.4, -0.2) is 8.96 Å². The Kier molecular flexibility index (Phi) is 3.76. The molecule has 0 aliphatic heterocycles. The van der Waals surface area contributed by atoms with Gasteiger partial charge in [-0.05, 0) is 50.8 Å². The number of fused-ring (bicyclic) bond motifs is 1. The standard InChI is InChI=1S/C13H18BrNOS/c1-13(2,3)17(16)15-12-8-7-9-10(12)5-4-6-11(9)14/h4-6,12,15H,7-8H2,1-3H3. The number of nitrogens with one attached hydrogen (secondary N) is 1. The predicted octanol–water partition coefficient (Wildman–Crippen LogP) is 3.49. The summed E-state index contributed by atoms with van der Waals surface area (Å²) in [7, 11) is -1.01. The summed E-state index contributed by atoms with van der Waals surface area (Å²) in [6, 6.07) is 6.47. The summed E-state index contributed by atoms with van der Waals surface area (Å²) in [6.07, 6.45) is 2.08. The average molecular weight is 316 g/mol. The van der Waals surface area contributed by atoms with E-state index >= 15 is 0 Å². The summed E-state index contributed by atoms with van der Waals surface area (Å²) in [5.41, 5.74) is 2.65. The second kappa shape index (κ2) is 4.82. The van der Waals surface area contributed by atoms with Gasteiger partial charge in [0.05, 0.1) is 15.7 Å². The van der Waals surface area contributed by atoms with Crippen molar-refractivity contribution in [1.29, 1.82) is 0 Å². The second-order valence-electron chi connectivity index (χ2n) is 5.40. The Bertz CT molecular complexity index is 453. The molecule has 1 aliphatic carbocycles. The average Bonchev–Trinajstić information content (AvgIpc) is 2.62. The van der Waals surface area contributed by atoms with Crippen LogP contribution in [0.4, 0.5) is 0 Å². The molecule has 1 N–H and O–H groups in total. The highest BCUT2D eigenvalue weighted by Gasteiger charge is 2.28. The van der Waals surface area contributed by atoms with Gasteiger partial charge in [-0.25, -0.2) is 8.93 Å². The van der Waals surface area contributed by atoms with E-state index in [9.17, 15) is 4.21 Å². The van der Waals surface area contributed by atoms with Gasteiger partial charge in [-0.3, -0.25) is 0 Å². The van der Waals surface area contributed by atoms with Crippen LogP contribution in [0.2, 0.25) is 0 Å². The zero-order valence-electron chi connectivity index (χ0n) is 10.4. The molecule has 0 amide bonds. The number of benzene rings is 1. The molecule has 1 aliphatic rings. The first-order chi connectivity index (χ1) is 7.89. The van der Waals surface area contributed by atoms with Gasteiger partial charge in [0.15, 0.2) is 0 Å². The molecule has 0 saturated heterocycles. The lowest BCUT2D eigenvalue weighted by atomic mass is 10.1. The number of hydrogen-bond acceptors (Lipinski definition) is 1. The number of rotatable bonds is 2. The number of halogens is 1. The maximum Gasteiger partial charge on any atom is 0.0975 e. The normalized spacial score (nSPS) is 21.3. The van der Waals surface area contributed by atoms with E-state index in [1.54, 1.807) is 0 Å². The van der Waals surface area contributed by atoms with E-state index in [1.807, 2.05) is 26.8 Å². The Morgan fingerprint density at radius 1 is 1.41 bits per heavy atom. The Hall–Kier alpha value is -0.190. The summed E-state index contributed by atoms with van der Waals surface area (Å²) in [6.45, 7) is 5.98. The van der Waals surface area contributed by atoms with Gasteiger partial charge in [0, 0.05) is 10.5 Å². The summed E-state index contributed by atoms with van der Waals surface area (Å²) in [5.74, 6) is 0. The summed E-state index contributed by atoms with van der Waals surface area (Å²) >= 11 is 3.58. The molecule has 0 saturated carbocycles. The molecule has 0 spiro atoms. The fourth-order valence-corrected chi connectivity index (χ4v) is 3.47. The first-order valence-corrected chi connectivity index (χ1v) is 7.79. The second-order valence-corrected chi connectivity index (χ2v) is 8.25. The van der Waals surface area contributed by atoms with Gasteiger partial charge in [0.1, 0.15) is 0 Å². The molecule has 1 aromatic carbocycles. The van der Waals surface area contributed by atoms with E-state index in [2.05, 4.69) is 32.8 Å². The molecule has 0 aromatic heterocycles. The van der Waals surface area contributed by atoms with Crippen molar-refractivity contribution in [2.45, 2.75) is 44.4 Å². The third-order valence-electron chi connectivity index (χ3n) is 3.02. The highest BCUT2D eigenvalue weighted by Crippen LogP contribution is 2.36. The number of hydrogen-bond donors (Lipinski definition) is 1. The van der Waals surface area contributed by atoms with E-state index in [1.165, 1.54) is 15.6 Å². The highest BCUT2D eigenvalue weighted by atomic mass is 79.9. The summed E-state index contributed by atoms with van der Waals surface area (Å²) in [5, 5.41) is 0. The first kappa shape index (κ1) is 13.2. The smallest absolute Gasteiger partial charge is 0.0975 e. The Balaban J connectivity index is 2.18. The predicted molar refractivity (Wildman–Crippen MR) is 76.2 cm³/mol. The van der Waals surface area contributed by atoms with Crippen LogP contribution in [0.3, 0.4) is 0 Å².